The summed E-state index contributed by atoms with van der Waals surface area (Å²) >= 11 is 0. The van der Waals surface area contributed by atoms with Gasteiger partial charge in [-0.25, -0.2) is 4.79 Å². The lowest BCUT2D eigenvalue weighted by atomic mass is 9.86. The number of aromatic nitrogens is 2. The Balaban J connectivity index is 2.12. The van der Waals surface area contributed by atoms with Crippen LogP contribution in [0.15, 0.2) is 42.6 Å². The molecule has 0 unspecified atom stereocenters. The third-order valence-electron chi connectivity index (χ3n) is 4.68. The smallest absolute Gasteiger partial charge is 0.435 e. The van der Waals surface area contributed by atoms with Crippen molar-refractivity contribution in [3.05, 3.63) is 48.2 Å². The summed E-state index contributed by atoms with van der Waals surface area (Å²) in [6.45, 7) is 13.4. The minimum Gasteiger partial charge on any atom is -0.442 e. The maximum Gasteiger partial charge on any atom is 0.435 e. The van der Waals surface area contributed by atoms with Crippen molar-refractivity contribution >= 4 is 28.6 Å². The molecule has 0 atom stereocenters. The number of hydrogen-bond donors (Lipinski definition) is 1. The van der Waals surface area contributed by atoms with Crippen LogP contribution in [0.1, 0.15) is 54.0 Å². The van der Waals surface area contributed by atoms with Gasteiger partial charge in [-0.15, -0.1) is 0 Å². The number of carbonyl (C=O) groups is 2. The second-order valence-corrected chi connectivity index (χ2v) is 9.47. The Kier molecular flexibility index (Phi) is 5.46. The van der Waals surface area contributed by atoms with Gasteiger partial charge in [0, 0.05) is 17.9 Å². The van der Waals surface area contributed by atoms with Crippen molar-refractivity contribution in [2.24, 2.45) is 0 Å². The quantitative estimate of drug-likeness (QED) is 0.588. The summed E-state index contributed by atoms with van der Waals surface area (Å²) in [5.41, 5.74) is 3.68. The summed E-state index contributed by atoms with van der Waals surface area (Å²) in [7, 11) is 0. The predicted octanol–water partition coefficient (Wildman–Crippen LogP) is 5.74. The molecule has 0 aliphatic carbocycles. The summed E-state index contributed by atoms with van der Waals surface area (Å²) in [5.74, 6) is -0.194. The molecule has 1 amide bonds. The van der Waals surface area contributed by atoms with Gasteiger partial charge in [-0.1, -0.05) is 51.1 Å². The lowest BCUT2D eigenvalue weighted by molar-refractivity contribution is -0.114. The number of fused-ring (bicyclic) bond motifs is 1. The molecule has 0 bridgehead atoms. The largest absolute Gasteiger partial charge is 0.442 e. The number of benzene rings is 2. The molecule has 1 aromatic heterocycles. The van der Waals surface area contributed by atoms with Gasteiger partial charge < -0.3 is 10.1 Å². The maximum atomic E-state index is 12.5. The van der Waals surface area contributed by atoms with Crippen LogP contribution in [-0.2, 0) is 14.9 Å². The molecular formula is C24H29N3O3. The van der Waals surface area contributed by atoms with Gasteiger partial charge in [0.1, 0.15) is 5.60 Å². The molecule has 0 aliphatic rings. The van der Waals surface area contributed by atoms with Crippen molar-refractivity contribution in [1.82, 2.24) is 9.78 Å². The van der Waals surface area contributed by atoms with Gasteiger partial charge >= 0.3 is 6.09 Å². The van der Waals surface area contributed by atoms with Crippen LogP contribution < -0.4 is 5.32 Å². The Labute approximate surface area is 177 Å². The topological polar surface area (TPSA) is 73.2 Å². The highest BCUT2D eigenvalue weighted by molar-refractivity contribution is 6.08. The zero-order valence-electron chi connectivity index (χ0n) is 18.7. The van der Waals surface area contributed by atoms with Crippen molar-refractivity contribution in [2.75, 3.05) is 5.32 Å². The maximum absolute atomic E-state index is 12.5. The van der Waals surface area contributed by atoms with Crippen LogP contribution in [0.25, 0.3) is 22.0 Å². The van der Waals surface area contributed by atoms with Gasteiger partial charge in [-0.05, 0) is 43.4 Å². The molecule has 0 radical (unpaired) electrons. The van der Waals surface area contributed by atoms with E-state index >= 15 is 0 Å². The van der Waals surface area contributed by atoms with E-state index in [-0.39, 0.29) is 11.3 Å². The molecule has 3 rings (SSSR count). The second-order valence-electron chi connectivity index (χ2n) is 9.47. The highest BCUT2D eigenvalue weighted by Gasteiger charge is 2.22. The molecule has 30 heavy (non-hydrogen) atoms. The monoisotopic (exact) mass is 407 g/mol. The number of ether oxygens (including phenoxy) is 1. The third-order valence-corrected chi connectivity index (χ3v) is 4.68. The SMILES string of the molecule is CC(=O)Nc1c(-c2ccc(C(C)(C)C)cc2)ccc2c1cnn2C(=O)OC(C)(C)C. The first kappa shape index (κ1) is 21.6. The number of rotatable bonds is 2. The molecule has 3 aromatic rings. The van der Waals surface area contributed by atoms with E-state index in [1.165, 1.54) is 17.2 Å². The van der Waals surface area contributed by atoms with Gasteiger partial charge in [0.25, 0.3) is 0 Å². The molecule has 0 aliphatic heterocycles. The number of hydrogen-bond acceptors (Lipinski definition) is 4. The van der Waals surface area contributed by atoms with E-state index in [9.17, 15) is 9.59 Å². The fourth-order valence-electron chi connectivity index (χ4n) is 3.25. The predicted molar refractivity (Wildman–Crippen MR) is 120 cm³/mol. The molecule has 6 nitrogen and oxygen atoms in total. The molecule has 158 valence electrons. The van der Waals surface area contributed by atoms with E-state index in [1.807, 2.05) is 24.3 Å². The summed E-state index contributed by atoms with van der Waals surface area (Å²) in [5, 5.41) is 7.81. The van der Waals surface area contributed by atoms with Gasteiger partial charge in [0.2, 0.25) is 5.91 Å². The zero-order chi connectivity index (χ0) is 22.3. The van der Waals surface area contributed by atoms with E-state index in [2.05, 4.69) is 43.3 Å². The van der Waals surface area contributed by atoms with Crippen LogP contribution in [0.2, 0.25) is 0 Å². The number of carbonyl (C=O) groups excluding carboxylic acids is 2. The van der Waals surface area contributed by atoms with Crippen molar-refractivity contribution < 1.29 is 14.3 Å². The molecule has 6 heteroatoms. The highest BCUT2D eigenvalue weighted by atomic mass is 16.6. The average molecular weight is 408 g/mol. The van der Waals surface area contributed by atoms with Crippen LogP contribution in [0.3, 0.4) is 0 Å². The Morgan fingerprint density at radius 3 is 2.13 bits per heavy atom. The Bertz CT molecular complexity index is 1100. The van der Waals surface area contributed by atoms with Gasteiger partial charge in [0.05, 0.1) is 17.4 Å². The molecule has 0 saturated carbocycles. The lowest BCUT2D eigenvalue weighted by Crippen LogP contribution is -2.27. The zero-order valence-corrected chi connectivity index (χ0v) is 18.7. The summed E-state index contributed by atoms with van der Waals surface area (Å²) in [4.78, 5) is 24.5. The number of anilines is 1. The van der Waals surface area contributed by atoms with Crippen molar-refractivity contribution in [2.45, 2.75) is 59.5 Å². The van der Waals surface area contributed by atoms with Gasteiger partial charge in [0.15, 0.2) is 0 Å². The van der Waals surface area contributed by atoms with Gasteiger partial charge in [-0.3, -0.25) is 4.79 Å². The normalized spacial score (nSPS) is 12.1. The van der Waals surface area contributed by atoms with Crippen LogP contribution in [-0.4, -0.2) is 27.4 Å². The molecule has 1 N–H and O–H groups in total. The van der Waals surface area contributed by atoms with Gasteiger partial charge in [-0.2, -0.15) is 9.78 Å². The summed E-state index contributed by atoms with van der Waals surface area (Å²) in [6, 6.07) is 12.0. The number of nitrogens with zero attached hydrogens (tertiary/aromatic N) is 2. The first-order chi connectivity index (χ1) is 13.9. The Morgan fingerprint density at radius 2 is 1.60 bits per heavy atom. The number of nitrogens with one attached hydrogen (secondary N) is 1. The lowest BCUT2D eigenvalue weighted by Gasteiger charge is -2.20. The molecule has 2 aromatic carbocycles. The van der Waals surface area contributed by atoms with Crippen LogP contribution in [0.4, 0.5) is 10.5 Å². The number of amides is 1. The van der Waals surface area contributed by atoms with E-state index < -0.39 is 11.7 Å². The van der Waals surface area contributed by atoms with Crippen molar-refractivity contribution in [3.8, 4) is 11.1 Å². The minimum absolute atomic E-state index is 0.0531. The molecule has 0 fully saturated rings. The highest BCUT2D eigenvalue weighted by Crippen LogP contribution is 2.36. The Hall–Kier alpha value is -3.15. The molecule has 0 spiro atoms. The minimum atomic E-state index is -0.634. The fourth-order valence-corrected chi connectivity index (χ4v) is 3.25. The van der Waals surface area contributed by atoms with Crippen molar-refractivity contribution in [3.63, 3.8) is 0 Å². The molecule has 0 saturated heterocycles. The van der Waals surface area contributed by atoms with E-state index in [1.54, 1.807) is 27.0 Å². The van der Waals surface area contributed by atoms with E-state index in [0.717, 1.165) is 11.1 Å². The second kappa shape index (κ2) is 7.59. The first-order valence-corrected chi connectivity index (χ1v) is 9.99. The molecule has 1 heterocycles. The van der Waals surface area contributed by atoms with Crippen molar-refractivity contribution in [1.29, 1.82) is 0 Å². The van der Waals surface area contributed by atoms with Crippen LogP contribution >= 0.6 is 0 Å². The van der Waals surface area contributed by atoms with E-state index in [4.69, 9.17) is 4.74 Å². The van der Waals surface area contributed by atoms with E-state index in [0.29, 0.717) is 16.6 Å². The van der Waals surface area contributed by atoms with Crippen LogP contribution in [0, 0.1) is 0 Å². The summed E-state index contributed by atoms with van der Waals surface area (Å²) in [6.07, 6.45) is 1.02. The Morgan fingerprint density at radius 1 is 0.967 bits per heavy atom. The standard InChI is InChI=1S/C24H29N3O3/c1-15(28)26-21-18(16-8-10-17(11-9-16)23(2,3)4)12-13-20-19(21)14-25-27(20)22(29)30-24(5,6)7/h8-14H,1-7H3,(H,26,28). The summed E-state index contributed by atoms with van der Waals surface area (Å²) < 4.78 is 6.67. The average Bonchev–Trinajstić information content (AvgIpc) is 3.04. The first-order valence-electron chi connectivity index (χ1n) is 9.99. The fraction of sp³-hybridized carbons (Fsp3) is 0.375. The molecular weight excluding hydrogens is 378 g/mol. The third kappa shape index (κ3) is 4.53. The van der Waals surface area contributed by atoms with Crippen LogP contribution in [0.5, 0.6) is 0 Å².